The molecule has 17 heavy (non-hydrogen) atoms. The third-order valence-electron chi connectivity index (χ3n) is 3.12. The first kappa shape index (κ1) is 14.2. The molecule has 3 heteroatoms. The van der Waals surface area contributed by atoms with Crippen LogP contribution >= 0.6 is 11.6 Å². The molecule has 0 aliphatic rings. The number of carbonyl (C=O) groups is 1. The second-order valence-corrected chi connectivity index (χ2v) is 4.73. The van der Waals surface area contributed by atoms with E-state index in [-0.39, 0.29) is 18.1 Å². The first-order valence-corrected chi connectivity index (χ1v) is 6.41. The predicted molar refractivity (Wildman–Crippen MR) is 70.2 cm³/mol. The van der Waals surface area contributed by atoms with Gasteiger partial charge in [0, 0.05) is 11.4 Å². The number of halogens is 1. The molecule has 2 nitrogen and oxygen atoms in total. The molecule has 0 fully saturated rings. The van der Waals surface area contributed by atoms with Gasteiger partial charge in [0.05, 0.1) is 0 Å². The molecule has 0 amide bonds. The fourth-order valence-corrected chi connectivity index (χ4v) is 2.03. The van der Waals surface area contributed by atoms with Gasteiger partial charge in [-0.25, -0.2) is 0 Å². The Bertz CT molecular complexity index is 355. The van der Waals surface area contributed by atoms with Gasteiger partial charge < -0.3 is 5.11 Å². The number of aliphatic hydroxyl groups is 1. The van der Waals surface area contributed by atoms with Gasteiger partial charge in [-0.15, -0.1) is 0 Å². The van der Waals surface area contributed by atoms with E-state index in [0.29, 0.717) is 5.02 Å². The van der Waals surface area contributed by atoms with Crippen LogP contribution in [0.2, 0.25) is 5.02 Å². The van der Waals surface area contributed by atoms with Gasteiger partial charge in [-0.3, -0.25) is 4.79 Å². The summed E-state index contributed by atoms with van der Waals surface area (Å²) in [6, 6.07) is 7.15. The summed E-state index contributed by atoms with van der Waals surface area (Å²) < 4.78 is 0. The fourth-order valence-electron chi connectivity index (χ4n) is 1.91. The number of rotatable bonds is 6. The quantitative estimate of drug-likeness (QED) is 0.846. The lowest BCUT2D eigenvalue weighted by atomic mass is 9.91. The van der Waals surface area contributed by atoms with Crippen molar-refractivity contribution in [2.75, 3.05) is 0 Å². The number of ketones is 1. The highest BCUT2D eigenvalue weighted by molar-refractivity contribution is 6.30. The number of aliphatic hydroxyl groups excluding tert-OH is 1. The summed E-state index contributed by atoms with van der Waals surface area (Å²) in [6.45, 7) is 3.99. The molecular weight excluding hydrogens is 236 g/mol. The molecule has 1 rings (SSSR count). The SMILES string of the molecule is CCC(CC)C(O)C(=O)Cc1ccc(Cl)cc1. The lowest BCUT2D eigenvalue weighted by molar-refractivity contribution is -0.129. The first-order valence-electron chi connectivity index (χ1n) is 6.03. The molecular formula is C14H19ClO2. The van der Waals surface area contributed by atoms with Crippen molar-refractivity contribution < 1.29 is 9.90 Å². The largest absolute Gasteiger partial charge is 0.385 e. The summed E-state index contributed by atoms with van der Waals surface area (Å²) in [5.74, 6) is -0.0455. The number of benzene rings is 1. The minimum absolute atomic E-state index is 0.0646. The van der Waals surface area contributed by atoms with E-state index in [0.717, 1.165) is 18.4 Å². The Kier molecular flexibility index (Phi) is 5.66. The van der Waals surface area contributed by atoms with Crippen LogP contribution in [0.25, 0.3) is 0 Å². The van der Waals surface area contributed by atoms with Crippen LogP contribution in [0, 0.1) is 5.92 Å². The number of hydrogen-bond donors (Lipinski definition) is 1. The van der Waals surface area contributed by atoms with E-state index in [2.05, 4.69) is 0 Å². The number of Topliss-reactive ketones (excluding diaryl/α,β-unsaturated/α-hetero) is 1. The Morgan fingerprint density at radius 1 is 1.24 bits per heavy atom. The number of hydrogen-bond acceptors (Lipinski definition) is 2. The summed E-state index contributed by atoms with van der Waals surface area (Å²) >= 11 is 5.77. The van der Waals surface area contributed by atoms with Crippen LogP contribution in [0.1, 0.15) is 32.3 Å². The van der Waals surface area contributed by atoms with Gasteiger partial charge in [0.15, 0.2) is 5.78 Å². The third-order valence-corrected chi connectivity index (χ3v) is 3.37. The second-order valence-electron chi connectivity index (χ2n) is 4.29. The first-order chi connectivity index (χ1) is 8.08. The third kappa shape index (κ3) is 4.14. The molecule has 1 N–H and O–H groups in total. The van der Waals surface area contributed by atoms with E-state index in [1.165, 1.54) is 0 Å². The summed E-state index contributed by atoms with van der Waals surface area (Å²) in [4.78, 5) is 11.9. The Hall–Kier alpha value is -0.860. The van der Waals surface area contributed by atoms with Gasteiger partial charge in [0.25, 0.3) is 0 Å². The molecule has 94 valence electrons. The molecule has 0 aromatic heterocycles. The van der Waals surface area contributed by atoms with E-state index in [4.69, 9.17) is 11.6 Å². The highest BCUT2D eigenvalue weighted by Gasteiger charge is 2.22. The van der Waals surface area contributed by atoms with Crippen LogP contribution < -0.4 is 0 Å². The molecule has 0 spiro atoms. The molecule has 1 unspecified atom stereocenters. The van der Waals surface area contributed by atoms with Crippen molar-refractivity contribution in [3.8, 4) is 0 Å². The molecule has 1 aromatic rings. The predicted octanol–water partition coefficient (Wildman–Crippen LogP) is 3.25. The van der Waals surface area contributed by atoms with Crippen LogP contribution in [0.15, 0.2) is 24.3 Å². The average Bonchev–Trinajstić information content (AvgIpc) is 2.33. The molecule has 1 aromatic carbocycles. The Morgan fingerprint density at radius 2 is 1.76 bits per heavy atom. The van der Waals surface area contributed by atoms with Crippen LogP contribution in [-0.2, 0) is 11.2 Å². The van der Waals surface area contributed by atoms with Gasteiger partial charge in [-0.05, 0) is 23.6 Å². The lowest BCUT2D eigenvalue weighted by Crippen LogP contribution is -2.30. The molecule has 0 aliphatic carbocycles. The fraction of sp³-hybridized carbons (Fsp3) is 0.500. The molecule has 0 aliphatic heterocycles. The maximum absolute atomic E-state index is 11.9. The zero-order chi connectivity index (χ0) is 12.8. The standard InChI is InChI=1S/C14H19ClO2/c1-3-11(4-2)14(17)13(16)9-10-5-7-12(15)8-6-10/h5-8,11,14,17H,3-4,9H2,1-2H3. The molecule has 0 heterocycles. The van der Waals surface area contributed by atoms with Crippen LogP contribution in [-0.4, -0.2) is 17.0 Å². The normalized spacial score (nSPS) is 12.8. The van der Waals surface area contributed by atoms with Crippen molar-refractivity contribution in [2.45, 2.75) is 39.2 Å². The monoisotopic (exact) mass is 254 g/mol. The van der Waals surface area contributed by atoms with Crippen molar-refractivity contribution in [3.63, 3.8) is 0 Å². The molecule has 1 atom stereocenters. The minimum Gasteiger partial charge on any atom is -0.385 e. The summed E-state index contributed by atoms with van der Waals surface area (Å²) in [6.07, 6.45) is 1.07. The summed E-state index contributed by atoms with van der Waals surface area (Å²) in [7, 11) is 0. The van der Waals surface area contributed by atoms with Gasteiger partial charge in [0.1, 0.15) is 6.10 Å². The van der Waals surface area contributed by atoms with Crippen molar-refractivity contribution in [1.29, 1.82) is 0 Å². The molecule has 0 saturated carbocycles. The van der Waals surface area contributed by atoms with E-state index in [1.807, 2.05) is 26.0 Å². The Morgan fingerprint density at radius 3 is 2.24 bits per heavy atom. The van der Waals surface area contributed by atoms with Crippen molar-refractivity contribution >= 4 is 17.4 Å². The molecule has 0 saturated heterocycles. The van der Waals surface area contributed by atoms with Gasteiger partial charge in [-0.1, -0.05) is 50.4 Å². The van der Waals surface area contributed by atoms with Crippen molar-refractivity contribution in [2.24, 2.45) is 5.92 Å². The van der Waals surface area contributed by atoms with E-state index in [9.17, 15) is 9.90 Å². The Balaban J connectivity index is 2.62. The van der Waals surface area contributed by atoms with Crippen LogP contribution in [0.5, 0.6) is 0 Å². The number of carbonyl (C=O) groups excluding carboxylic acids is 1. The van der Waals surface area contributed by atoms with E-state index < -0.39 is 6.10 Å². The van der Waals surface area contributed by atoms with Crippen LogP contribution in [0.4, 0.5) is 0 Å². The lowest BCUT2D eigenvalue weighted by Gasteiger charge is -2.18. The Labute approximate surface area is 108 Å². The van der Waals surface area contributed by atoms with Gasteiger partial charge >= 0.3 is 0 Å². The average molecular weight is 255 g/mol. The summed E-state index contributed by atoms with van der Waals surface area (Å²) in [5.41, 5.74) is 0.893. The maximum Gasteiger partial charge on any atom is 0.165 e. The minimum atomic E-state index is -0.847. The second kappa shape index (κ2) is 6.77. The van der Waals surface area contributed by atoms with Crippen molar-refractivity contribution in [3.05, 3.63) is 34.9 Å². The van der Waals surface area contributed by atoms with Crippen LogP contribution in [0.3, 0.4) is 0 Å². The zero-order valence-electron chi connectivity index (χ0n) is 10.3. The highest BCUT2D eigenvalue weighted by Crippen LogP contribution is 2.16. The van der Waals surface area contributed by atoms with E-state index in [1.54, 1.807) is 12.1 Å². The maximum atomic E-state index is 11.9. The van der Waals surface area contributed by atoms with Gasteiger partial charge in [0.2, 0.25) is 0 Å². The van der Waals surface area contributed by atoms with Crippen molar-refractivity contribution in [1.82, 2.24) is 0 Å². The smallest absolute Gasteiger partial charge is 0.165 e. The topological polar surface area (TPSA) is 37.3 Å². The van der Waals surface area contributed by atoms with E-state index >= 15 is 0 Å². The molecule has 0 bridgehead atoms. The highest BCUT2D eigenvalue weighted by atomic mass is 35.5. The summed E-state index contributed by atoms with van der Waals surface area (Å²) in [5, 5.41) is 10.6. The van der Waals surface area contributed by atoms with Gasteiger partial charge in [-0.2, -0.15) is 0 Å². The zero-order valence-corrected chi connectivity index (χ0v) is 11.1. The molecule has 0 radical (unpaired) electrons.